The Bertz CT molecular complexity index is 238. The first kappa shape index (κ1) is 14.4. The van der Waals surface area contributed by atoms with E-state index in [1.807, 2.05) is 0 Å². The van der Waals surface area contributed by atoms with Crippen molar-refractivity contribution in [2.45, 2.75) is 19.9 Å². The van der Waals surface area contributed by atoms with Crippen molar-refractivity contribution in [2.75, 3.05) is 46.3 Å². The van der Waals surface area contributed by atoms with Crippen LogP contribution >= 0.6 is 0 Å². The monoisotopic (exact) mass is 243 g/mol. The molecule has 0 aromatic carbocycles. The molecule has 1 atom stereocenters. The van der Waals surface area contributed by atoms with Gasteiger partial charge in [-0.2, -0.15) is 0 Å². The minimum atomic E-state index is -0.767. The summed E-state index contributed by atoms with van der Waals surface area (Å²) in [6, 6.07) is -0.452. The number of aliphatic carboxylic acids is 1. The molecule has 1 unspecified atom stereocenters. The van der Waals surface area contributed by atoms with Gasteiger partial charge in [-0.1, -0.05) is 13.8 Å². The molecule has 5 heteroatoms. The second-order valence-corrected chi connectivity index (χ2v) is 5.17. The first-order chi connectivity index (χ1) is 8.02. The Morgan fingerprint density at radius 2 is 1.65 bits per heavy atom. The van der Waals surface area contributed by atoms with Gasteiger partial charge in [-0.05, 0) is 13.0 Å². The van der Waals surface area contributed by atoms with Gasteiger partial charge in [-0.25, -0.2) is 0 Å². The van der Waals surface area contributed by atoms with Crippen LogP contribution in [0.3, 0.4) is 0 Å². The maximum Gasteiger partial charge on any atom is 0.322 e. The van der Waals surface area contributed by atoms with Crippen LogP contribution in [-0.2, 0) is 4.79 Å². The third-order valence-corrected chi connectivity index (χ3v) is 3.18. The van der Waals surface area contributed by atoms with Crippen molar-refractivity contribution < 1.29 is 9.90 Å². The van der Waals surface area contributed by atoms with Crippen molar-refractivity contribution in [2.24, 2.45) is 5.92 Å². The van der Waals surface area contributed by atoms with Gasteiger partial charge in [0.2, 0.25) is 0 Å². The number of carboxylic acid groups (broad SMARTS) is 1. The molecule has 0 aromatic rings. The molecule has 0 aromatic heterocycles. The summed E-state index contributed by atoms with van der Waals surface area (Å²) < 4.78 is 0. The van der Waals surface area contributed by atoms with Crippen molar-refractivity contribution in [3.8, 4) is 0 Å². The molecule has 0 amide bonds. The average molecular weight is 243 g/mol. The quantitative estimate of drug-likeness (QED) is 0.684. The largest absolute Gasteiger partial charge is 0.480 e. The number of hydrogen-bond donors (Lipinski definition) is 2. The van der Waals surface area contributed by atoms with Gasteiger partial charge in [-0.3, -0.25) is 9.69 Å². The van der Waals surface area contributed by atoms with E-state index in [0.29, 0.717) is 12.5 Å². The van der Waals surface area contributed by atoms with Crippen molar-refractivity contribution >= 4 is 5.97 Å². The van der Waals surface area contributed by atoms with E-state index in [9.17, 15) is 4.79 Å². The Labute approximate surface area is 104 Å². The summed E-state index contributed by atoms with van der Waals surface area (Å²) in [5.74, 6) is -0.0669. The highest BCUT2D eigenvalue weighted by Crippen LogP contribution is 2.05. The minimum Gasteiger partial charge on any atom is -0.480 e. The van der Waals surface area contributed by atoms with E-state index in [-0.39, 0.29) is 0 Å². The summed E-state index contributed by atoms with van der Waals surface area (Å²) in [7, 11) is 1.70. The lowest BCUT2D eigenvalue weighted by Gasteiger charge is -2.36. The van der Waals surface area contributed by atoms with E-state index in [2.05, 4.69) is 29.0 Å². The summed E-state index contributed by atoms with van der Waals surface area (Å²) in [6.45, 7) is 10.2. The van der Waals surface area contributed by atoms with Crippen molar-refractivity contribution in [1.29, 1.82) is 0 Å². The number of likely N-dealkylation sites (N-methyl/N-ethyl adjacent to an activating group) is 1. The number of nitrogens with zero attached hydrogens (tertiary/aromatic N) is 2. The lowest BCUT2D eigenvalue weighted by atomic mass is 10.2. The average Bonchev–Trinajstić information content (AvgIpc) is 2.26. The van der Waals surface area contributed by atoms with Crippen LogP contribution in [0.15, 0.2) is 0 Å². The standard InChI is InChI=1S/C12H25N3O2/c1-10(2)8-14-4-6-15(7-5-14)9-11(13-3)12(16)17/h10-11,13H,4-9H2,1-3H3,(H,16,17). The third kappa shape index (κ3) is 5.02. The van der Waals surface area contributed by atoms with Crippen LogP contribution in [0, 0.1) is 5.92 Å². The van der Waals surface area contributed by atoms with Crippen molar-refractivity contribution in [3.05, 3.63) is 0 Å². The number of piperazine rings is 1. The molecule has 1 fully saturated rings. The Balaban J connectivity index is 2.29. The lowest BCUT2D eigenvalue weighted by Crippen LogP contribution is -2.52. The first-order valence-corrected chi connectivity index (χ1v) is 6.37. The summed E-state index contributed by atoms with van der Waals surface area (Å²) >= 11 is 0. The van der Waals surface area contributed by atoms with Gasteiger partial charge in [0.25, 0.3) is 0 Å². The van der Waals surface area contributed by atoms with Gasteiger partial charge < -0.3 is 15.3 Å². The number of carbonyl (C=O) groups is 1. The molecule has 0 saturated carbocycles. The van der Waals surface area contributed by atoms with E-state index in [4.69, 9.17) is 5.11 Å². The van der Waals surface area contributed by atoms with Crippen LogP contribution < -0.4 is 5.32 Å². The normalized spacial score (nSPS) is 20.7. The molecule has 100 valence electrons. The highest BCUT2D eigenvalue weighted by molar-refractivity contribution is 5.73. The van der Waals surface area contributed by atoms with Crippen LogP contribution in [-0.4, -0.2) is 73.2 Å². The predicted octanol–water partition coefficient (Wildman–Crippen LogP) is -0.0674. The second-order valence-electron chi connectivity index (χ2n) is 5.17. The molecule has 0 spiro atoms. The van der Waals surface area contributed by atoms with Crippen LogP contribution in [0.4, 0.5) is 0 Å². The maximum absolute atomic E-state index is 10.9. The van der Waals surface area contributed by atoms with Gasteiger partial charge in [0.05, 0.1) is 0 Å². The fourth-order valence-electron chi connectivity index (χ4n) is 2.22. The number of hydrogen-bond acceptors (Lipinski definition) is 4. The highest BCUT2D eigenvalue weighted by atomic mass is 16.4. The zero-order valence-corrected chi connectivity index (χ0v) is 11.1. The van der Waals surface area contributed by atoms with Crippen LogP contribution in [0.1, 0.15) is 13.8 Å². The molecule has 0 bridgehead atoms. The molecule has 0 aliphatic carbocycles. The number of rotatable bonds is 6. The molecule has 1 aliphatic rings. The van der Waals surface area contributed by atoms with Gasteiger partial charge in [0, 0.05) is 39.3 Å². The molecule has 1 aliphatic heterocycles. The Morgan fingerprint density at radius 1 is 1.18 bits per heavy atom. The Morgan fingerprint density at radius 3 is 2.00 bits per heavy atom. The summed E-state index contributed by atoms with van der Waals surface area (Å²) in [5.41, 5.74) is 0. The van der Waals surface area contributed by atoms with E-state index in [1.165, 1.54) is 0 Å². The topological polar surface area (TPSA) is 55.8 Å². The Hall–Kier alpha value is -0.650. The summed E-state index contributed by atoms with van der Waals surface area (Å²) in [5, 5.41) is 11.8. The molecular weight excluding hydrogens is 218 g/mol. The molecular formula is C12H25N3O2. The smallest absolute Gasteiger partial charge is 0.322 e. The number of carboxylic acids is 1. The molecule has 2 N–H and O–H groups in total. The molecule has 1 rings (SSSR count). The van der Waals surface area contributed by atoms with Crippen LogP contribution in [0.5, 0.6) is 0 Å². The zero-order valence-electron chi connectivity index (χ0n) is 11.1. The second kappa shape index (κ2) is 6.93. The van der Waals surface area contributed by atoms with Crippen molar-refractivity contribution in [1.82, 2.24) is 15.1 Å². The van der Waals surface area contributed by atoms with Gasteiger partial charge in [0.1, 0.15) is 6.04 Å². The van der Waals surface area contributed by atoms with Crippen molar-refractivity contribution in [3.63, 3.8) is 0 Å². The summed E-state index contributed by atoms with van der Waals surface area (Å²) in [4.78, 5) is 15.6. The fraction of sp³-hybridized carbons (Fsp3) is 0.917. The number of nitrogens with one attached hydrogen (secondary N) is 1. The van der Waals surface area contributed by atoms with E-state index in [1.54, 1.807) is 7.05 Å². The Kier molecular flexibility index (Phi) is 5.88. The minimum absolute atomic E-state index is 0.452. The van der Waals surface area contributed by atoms with Crippen LogP contribution in [0.2, 0.25) is 0 Å². The SMILES string of the molecule is CNC(CN1CCN(CC(C)C)CC1)C(=O)O. The van der Waals surface area contributed by atoms with E-state index in [0.717, 1.165) is 32.7 Å². The zero-order chi connectivity index (χ0) is 12.8. The molecule has 17 heavy (non-hydrogen) atoms. The molecule has 5 nitrogen and oxygen atoms in total. The van der Waals surface area contributed by atoms with E-state index < -0.39 is 12.0 Å². The summed E-state index contributed by atoms with van der Waals surface area (Å²) in [6.07, 6.45) is 0. The van der Waals surface area contributed by atoms with Gasteiger partial charge >= 0.3 is 5.97 Å². The molecule has 1 heterocycles. The van der Waals surface area contributed by atoms with Gasteiger partial charge in [0.15, 0.2) is 0 Å². The maximum atomic E-state index is 10.9. The van der Waals surface area contributed by atoms with E-state index >= 15 is 0 Å². The third-order valence-electron chi connectivity index (χ3n) is 3.18. The van der Waals surface area contributed by atoms with Crippen LogP contribution in [0.25, 0.3) is 0 Å². The first-order valence-electron chi connectivity index (χ1n) is 6.37. The molecule has 0 radical (unpaired) electrons. The molecule has 1 saturated heterocycles. The predicted molar refractivity (Wildman–Crippen MR) is 68.2 cm³/mol. The fourth-order valence-corrected chi connectivity index (χ4v) is 2.22. The van der Waals surface area contributed by atoms with Gasteiger partial charge in [-0.15, -0.1) is 0 Å². The lowest BCUT2D eigenvalue weighted by molar-refractivity contribution is -0.140. The highest BCUT2D eigenvalue weighted by Gasteiger charge is 2.22.